The monoisotopic (exact) mass is 576 g/mol. The Bertz CT molecular complexity index is 906. The van der Waals surface area contributed by atoms with Crippen LogP contribution in [0, 0.1) is 0 Å². The van der Waals surface area contributed by atoms with Crippen molar-refractivity contribution in [3.63, 3.8) is 0 Å². The van der Waals surface area contributed by atoms with Gasteiger partial charge in [0.2, 0.25) is 0 Å². The van der Waals surface area contributed by atoms with Crippen molar-refractivity contribution in [2.45, 2.75) is 128 Å². The minimum Gasteiger partial charge on any atom is -0.497 e. The summed E-state index contributed by atoms with van der Waals surface area (Å²) < 4.78 is 36.6. The fourth-order valence-electron chi connectivity index (χ4n) is 6.01. The summed E-state index contributed by atoms with van der Waals surface area (Å²) in [6.45, 7) is 9.17. The fourth-order valence-corrected chi connectivity index (χ4v) is 6.01. The lowest BCUT2D eigenvalue weighted by atomic mass is 10.0. The number of anilines is 1. The van der Waals surface area contributed by atoms with Gasteiger partial charge in [0.05, 0.1) is 7.11 Å². The summed E-state index contributed by atoms with van der Waals surface area (Å²) in [5.74, 6) is -0.0350. The first-order valence-corrected chi connectivity index (χ1v) is 15.9. The molecule has 3 heterocycles. The maximum atomic E-state index is 13.1. The van der Waals surface area contributed by atoms with Crippen molar-refractivity contribution < 1.29 is 33.2 Å². The number of piperidine rings is 1. The van der Waals surface area contributed by atoms with E-state index >= 15 is 0 Å². The van der Waals surface area contributed by atoms with Crippen LogP contribution in [0.25, 0.3) is 0 Å². The Morgan fingerprint density at radius 1 is 1.00 bits per heavy atom. The lowest BCUT2D eigenvalue weighted by molar-refractivity contribution is -0.230. The van der Waals surface area contributed by atoms with E-state index in [0.29, 0.717) is 18.8 Å². The summed E-state index contributed by atoms with van der Waals surface area (Å²) in [6.07, 6.45) is 10.5. The SMILES string of the molecule is CCCCCCCCCCO[C@@H]1[C@H]2OC(C)(C)O[C@H]2O[C@@H]1[C@@H](CN1CCCCC1)OC(=O)Nc1ccc(OC)cc1. The van der Waals surface area contributed by atoms with Crippen molar-refractivity contribution in [2.24, 2.45) is 0 Å². The molecule has 0 unspecified atom stereocenters. The van der Waals surface area contributed by atoms with E-state index < -0.39 is 36.5 Å². The number of carbonyl (C=O) groups is 1. The first-order valence-electron chi connectivity index (χ1n) is 15.9. The maximum Gasteiger partial charge on any atom is 0.412 e. The van der Waals surface area contributed by atoms with Gasteiger partial charge in [0, 0.05) is 18.8 Å². The van der Waals surface area contributed by atoms with Crippen LogP contribution < -0.4 is 10.1 Å². The molecule has 1 aromatic rings. The number of carbonyl (C=O) groups excluding carboxylic acids is 1. The molecule has 0 aromatic heterocycles. The topological polar surface area (TPSA) is 87.7 Å². The van der Waals surface area contributed by atoms with Gasteiger partial charge in [0.15, 0.2) is 12.1 Å². The van der Waals surface area contributed by atoms with Gasteiger partial charge in [0.1, 0.15) is 30.2 Å². The van der Waals surface area contributed by atoms with Crippen molar-refractivity contribution in [3.8, 4) is 5.75 Å². The second-order valence-electron chi connectivity index (χ2n) is 12.0. The molecule has 4 rings (SSSR count). The molecule has 3 saturated heterocycles. The highest BCUT2D eigenvalue weighted by molar-refractivity contribution is 5.84. The number of fused-ring (bicyclic) bond motifs is 1. The highest BCUT2D eigenvalue weighted by Crippen LogP contribution is 2.40. The predicted octanol–water partition coefficient (Wildman–Crippen LogP) is 6.50. The van der Waals surface area contributed by atoms with Crippen LogP contribution in [-0.2, 0) is 23.7 Å². The predicted molar refractivity (Wildman–Crippen MR) is 158 cm³/mol. The second kappa shape index (κ2) is 16.1. The summed E-state index contributed by atoms with van der Waals surface area (Å²) in [7, 11) is 1.61. The first kappa shape index (κ1) is 32.0. The molecular weight excluding hydrogens is 524 g/mol. The van der Waals surface area contributed by atoms with Crippen molar-refractivity contribution in [2.75, 3.05) is 38.7 Å². The summed E-state index contributed by atoms with van der Waals surface area (Å²) in [4.78, 5) is 15.5. The normalized spacial score (nSPS) is 26.4. The number of methoxy groups -OCH3 is 1. The molecule has 1 aromatic carbocycles. The fraction of sp³-hybridized carbons (Fsp3) is 0.781. The molecule has 0 spiro atoms. The molecular formula is C32H52N2O7. The molecule has 9 heteroatoms. The van der Waals surface area contributed by atoms with Gasteiger partial charge in [-0.15, -0.1) is 0 Å². The average Bonchev–Trinajstić information content (AvgIpc) is 3.44. The minimum absolute atomic E-state index is 0.374. The molecule has 5 atom stereocenters. The molecule has 0 bridgehead atoms. The maximum absolute atomic E-state index is 13.1. The summed E-state index contributed by atoms with van der Waals surface area (Å²) in [6, 6.07) is 7.17. The standard InChI is InChI=1S/C32H52N2O7/c1-5-6-7-8-9-10-11-15-22-37-28-27(39-30-29(28)40-32(2,3)41-30)26(23-34-20-13-12-14-21-34)38-31(35)33-24-16-18-25(36-4)19-17-24/h16-19,26-30H,5-15,20-23H2,1-4H3,(H,33,35)/t26-,27-,28+,29-,30-/m1/s1. The molecule has 41 heavy (non-hydrogen) atoms. The lowest BCUT2D eigenvalue weighted by Gasteiger charge is -2.35. The highest BCUT2D eigenvalue weighted by atomic mass is 16.8. The van der Waals surface area contributed by atoms with Gasteiger partial charge in [-0.3, -0.25) is 10.2 Å². The first-order chi connectivity index (χ1) is 19.9. The largest absolute Gasteiger partial charge is 0.497 e. The van der Waals surface area contributed by atoms with Gasteiger partial charge in [-0.05, 0) is 70.5 Å². The van der Waals surface area contributed by atoms with E-state index in [-0.39, 0.29) is 6.10 Å². The molecule has 9 nitrogen and oxygen atoms in total. The molecule has 0 aliphatic carbocycles. The Kier molecular flexibility index (Phi) is 12.6. The molecule has 3 aliphatic rings. The number of rotatable bonds is 16. The minimum atomic E-state index is -0.755. The quantitative estimate of drug-likeness (QED) is 0.223. The van der Waals surface area contributed by atoms with E-state index in [1.165, 1.54) is 44.9 Å². The Morgan fingerprint density at radius 3 is 2.37 bits per heavy atom. The second-order valence-corrected chi connectivity index (χ2v) is 12.0. The summed E-state index contributed by atoms with van der Waals surface area (Å²) >= 11 is 0. The zero-order chi connectivity index (χ0) is 29.1. The third-order valence-electron chi connectivity index (χ3n) is 8.18. The van der Waals surface area contributed by atoms with Gasteiger partial charge in [0.25, 0.3) is 0 Å². The van der Waals surface area contributed by atoms with Crippen LogP contribution in [0.4, 0.5) is 10.5 Å². The van der Waals surface area contributed by atoms with E-state index in [0.717, 1.165) is 44.5 Å². The number of hydrogen-bond donors (Lipinski definition) is 1. The smallest absolute Gasteiger partial charge is 0.412 e. The Balaban J connectivity index is 1.39. The van der Waals surface area contributed by atoms with Crippen molar-refractivity contribution >= 4 is 11.8 Å². The number of hydrogen-bond acceptors (Lipinski definition) is 8. The van der Waals surface area contributed by atoms with Crippen LogP contribution in [-0.4, -0.2) is 80.8 Å². The van der Waals surface area contributed by atoms with Crippen molar-refractivity contribution in [3.05, 3.63) is 24.3 Å². The van der Waals surface area contributed by atoms with Crippen LogP contribution in [0.15, 0.2) is 24.3 Å². The van der Waals surface area contributed by atoms with Crippen molar-refractivity contribution in [1.29, 1.82) is 0 Å². The summed E-state index contributed by atoms with van der Waals surface area (Å²) in [5, 5.41) is 2.85. The van der Waals surface area contributed by atoms with E-state index in [1.54, 1.807) is 31.4 Å². The number of nitrogens with one attached hydrogen (secondary N) is 1. The van der Waals surface area contributed by atoms with Crippen LogP contribution in [0.2, 0.25) is 0 Å². The molecule has 0 saturated carbocycles. The van der Waals surface area contributed by atoms with Gasteiger partial charge in [-0.2, -0.15) is 0 Å². The van der Waals surface area contributed by atoms with Gasteiger partial charge < -0.3 is 28.4 Å². The van der Waals surface area contributed by atoms with Crippen LogP contribution in [0.5, 0.6) is 5.75 Å². The van der Waals surface area contributed by atoms with Gasteiger partial charge in [-0.25, -0.2) is 4.79 Å². The lowest BCUT2D eigenvalue weighted by Crippen LogP contribution is -2.50. The van der Waals surface area contributed by atoms with Crippen LogP contribution in [0.3, 0.4) is 0 Å². The third-order valence-corrected chi connectivity index (χ3v) is 8.18. The number of unbranched alkanes of at least 4 members (excludes halogenated alkanes) is 7. The Labute approximate surface area is 246 Å². The van der Waals surface area contributed by atoms with E-state index in [9.17, 15) is 4.79 Å². The van der Waals surface area contributed by atoms with Crippen LogP contribution >= 0.6 is 0 Å². The molecule has 1 amide bonds. The summed E-state index contributed by atoms with van der Waals surface area (Å²) in [5.41, 5.74) is 0.632. The number of benzene rings is 1. The molecule has 3 fully saturated rings. The van der Waals surface area contributed by atoms with E-state index in [1.807, 2.05) is 13.8 Å². The number of amides is 1. The highest BCUT2D eigenvalue weighted by Gasteiger charge is 2.58. The van der Waals surface area contributed by atoms with Gasteiger partial charge in [-0.1, -0.05) is 58.3 Å². The number of nitrogens with zero attached hydrogens (tertiary/aromatic N) is 1. The Hall–Kier alpha value is -1.91. The third kappa shape index (κ3) is 9.82. The number of likely N-dealkylation sites (tertiary alicyclic amines) is 1. The molecule has 0 radical (unpaired) electrons. The Morgan fingerprint density at radius 2 is 1.68 bits per heavy atom. The van der Waals surface area contributed by atoms with E-state index in [2.05, 4.69) is 17.1 Å². The molecule has 1 N–H and O–H groups in total. The number of ether oxygens (including phenoxy) is 6. The average molecular weight is 577 g/mol. The molecule has 232 valence electrons. The van der Waals surface area contributed by atoms with Gasteiger partial charge >= 0.3 is 6.09 Å². The zero-order valence-electron chi connectivity index (χ0n) is 25.6. The van der Waals surface area contributed by atoms with E-state index in [4.69, 9.17) is 28.4 Å². The zero-order valence-corrected chi connectivity index (χ0v) is 25.6. The van der Waals surface area contributed by atoms with Crippen molar-refractivity contribution in [1.82, 2.24) is 4.90 Å². The molecule has 3 aliphatic heterocycles. The van der Waals surface area contributed by atoms with Crippen LogP contribution in [0.1, 0.15) is 91.4 Å².